The topological polar surface area (TPSA) is 114 Å². The molecule has 0 fully saturated rings. The van der Waals surface area contributed by atoms with Crippen molar-refractivity contribution >= 4 is 29.7 Å². The molecule has 0 aliphatic heterocycles. The number of sulfonamides is 1. The van der Waals surface area contributed by atoms with Gasteiger partial charge in [-0.3, -0.25) is 0 Å². The molecule has 0 spiro atoms. The van der Waals surface area contributed by atoms with Crippen LogP contribution in [-0.2, 0) is 29.7 Å². The largest absolute Gasteiger partial charge is 0.240 e. The Morgan fingerprint density at radius 3 is 1.86 bits per heavy atom. The summed E-state index contributed by atoms with van der Waals surface area (Å²) in [5, 5.41) is 0. The molecule has 0 radical (unpaired) electrons. The maximum absolute atomic E-state index is 12.9. The summed E-state index contributed by atoms with van der Waals surface area (Å²) in [5.41, 5.74) is 0.781. The minimum Gasteiger partial charge on any atom is -0.224 e. The number of rotatable bonds is 7. The molecule has 0 amide bonds. The highest BCUT2D eigenvalue weighted by Crippen LogP contribution is 2.26. The fraction of sp³-hybridized carbons (Fsp3) is 0.333. The average molecular weight is 446 g/mol. The van der Waals surface area contributed by atoms with Gasteiger partial charge in [0.25, 0.3) is 0 Å². The van der Waals surface area contributed by atoms with E-state index in [4.69, 9.17) is 0 Å². The highest BCUT2D eigenvalue weighted by molar-refractivity contribution is 7.93. The van der Waals surface area contributed by atoms with E-state index >= 15 is 0 Å². The minimum atomic E-state index is -4.02. The SMILES string of the molecule is Cc1cccc(S(=O)(=O)C(C)(C)CNS(=O)(=O)c2ccc(S(C)(=O)=O)cc2)c1. The van der Waals surface area contributed by atoms with E-state index in [-0.39, 0.29) is 21.2 Å². The van der Waals surface area contributed by atoms with Crippen molar-refractivity contribution in [2.45, 2.75) is 40.2 Å². The van der Waals surface area contributed by atoms with Gasteiger partial charge in [0.15, 0.2) is 19.7 Å². The molecule has 2 rings (SSSR count). The molecule has 10 heteroatoms. The van der Waals surface area contributed by atoms with Gasteiger partial charge in [-0.25, -0.2) is 30.0 Å². The molecule has 0 unspecified atom stereocenters. The van der Waals surface area contributed by atoms with Crippen molar-refractivity contribution in [3.05, 3.63) is 54.1 Å². The molecule has 1 N–H and O–H groups in total. The van der Waals surface area contributed by atoms with Crippen molar-refractivity contribution in [1.82, 2.24) is 4.72 Å². The Morgan fingerprint density at radius 1 is 0.821 bits per heavy atom. The Labute approximate surface area is 166 Å². The van der Waals surface area contributed by atoms with Crippen LogP contribution in [0.25, 0.3) is 0 Å². The lowest BCUT2D eigenvalue weighted by molar-refractivity contribution is 0.532. The molecule has 0 saturated heterocycles. The van der Waals surface area contributed by atoms with Crippen LogP contribution in [0.15, 0.2) is 63.2 Å². The molecule has 2 aromatic rings. The van der Waals surface area contributed by atoms with Crippen molar-refractivity contribution in [3.63, 3.8) is 0 Å². The van der Waals surface area contributed by atoms with E-state index in [9.17, 15) is 25.3 Å². The van der Waals surface area contributed by atoms with Crippen LogP contribution in [0, 0.1) is 6.92 Å². The maximum Gasteiger partial charge on any atom is 0.240 e. The zero-order chi connectivity index (χ0) is 21.4. The first-order valence-electron chi connectivity index (χ1n) is 8.28. The zero-order valence-corrected chi connectivity index (χ0v) is 18.4. The lowest BCUT2D eigenvalue weighted by atomic mass is 10.2. The summed E-state index contributed by atoms with van der Waals surface area (Å²) >= 11 is 0. The third kappa shape index (κ3) is 4.80. The van der Waals surface area contributed by atoms with Gasteiger partial charge in [-0.1, -0.05) is 12.1 Å². The highest BCUT2D eigenvalue weighted by Gasteiger charge is 2.37. The summed E-state index contributed by atoms with van der Waals surface area (Å²) in [7, 11) is -11.3. The molecule has 0 aliphatic rings. The number of sulfone groups is 2. The van der Waals surface area contributed by atoms with Gasteiger partial charge >= 0.3 is 0 Å². The quantitative estimate of drug-likeness (QED) is 0.696. The minimum absolute atomic E-state index is 0.00574. The summed E-state index contributed by atoms with van der Waals surface area (Å²) < 4.78 is 74.7. The molecule has 0 bridgehead atoms. The van der Waals surface area contributed by atoms with Gasteiger partial charge in [-0.15, -0.1) is 0 Å². The molecular formula is C18H23NO6S3. The first-order chi connectivity index (χ1) is 12.7. The number of benzene rings is 2. The first-order valence-corrected chi connectivity index (χ1v) is 13.1. The van der Waals surface area contributed by atoms with E-state index in [2.05, 4.69) is 4.72 Å². The van der Waals surface area contributed by atoms with Crippen molar-refractivity contribution in [3.8, 4) is 0 Å². The standard InChI is InChI=1S/C18H23NO6S3/c1-14-6-5-7-17(12-14)27(22,23)18(2,3)13-19-28(24,25)16-10-8-15(9-11-16)26(4,20)21/h5-12,19H,13H2,1-4H3. The average Bonchev–Trinajstić information content (AvgIpc) is 2.59. The van der Waals surface area contributed by atoms with E-state index in [1.165, 1.54) is 50.2 Å². The molecule has 28 heavy (non-hydrogen) atoms. The molecule has 2 aromatic carbocycles. The molecular weight excluding hydrogens is 422 g/mol. The second-order valence-corrected chi connectivity index (χ2v) is 13.5. The van der Waals surface area contributed by atoms with Gasteiger partial charge in [0.2, 0.25) is 10.0 Å². The fourth-order valence-corrected chi connectivity index (χ4v) is 5.85. The monoisotopic (exact) mass is 445 g/mol. The fourth-order valence-electron chi connectivity index (χ4n) is 2.41. The second kappa shape index (κ2) is 7.58. The van der Waals surface area contributed by atoms with Gasteiger partial charge in [0.1, 0.15) is 0 Å². The van der Waals surface area contributed by atoms with Gasteiger partial charge in [0.05, 0.1) is 19.4 Å². The summed E-state index contributed by atoms with van der Waals surface area (Å²) in [6.07, 6.45) is 1.02. The summed E-state index contributed by atoms with van der Waals surface area (Å²) in [5.74, 6) is 0. The van der Waals surface area contributed by atoms with Crippen LogP contribution < -0.4 is 4.72 Å². The first kappa shape index (κ1) is 22.5. The predicted molar refractivity (Wildman–Crippen MR) is 107 cm³/mol. The Morgan fingerprint density at radius 2 is 1.36 bits per heavy atom. The van der Waals surface area contributed by atoms with Crippen LogP contribution in [0.4, 0.5) is 0 Å². The molecule has 0 aliphatic carbocycles. The van der Waals surface area contributed by atoms with E-state index in [1.807, 2.05) is 0 Å². The Bertz CT molecular complexity index is 1180. The van der Waals surface area contributed by atoms with Crippen LogP contribution in [0.1, 0.15) is 19.4 Å². The normalized spacial score (nSPS) is 13.4. The molecule has 0 heterocycles. The molecule has 0 aromatic heterocycles. The summed E-state index contributed by atoms with van der Waals surface area (Å²) in [6, 6.07) is 11.1. The number of aryl methyl sites for hydroxylation is 1. The summed E-state index contributed by atoms with van der Waals surface area (Å²) in [4.78, 5) is -0.0355. The van der Waals surface area contributed by atoms with Crippen molar-refractivity contribution < 1.29 is 25.3 Å². The van der Waals surface area contributed by atoms with E-state index in [0.29, 0.717) is 0 Å². The molecule has 0 saturated carbocycles. The summed E-state index contributed by atoms with van der Waals surface area (Å²) in [6.45, 7) is 4.31. The lowest BCUT2D eigenvalue weighted by Crippen LogP contribution is -2.44. The van der Waals surface area contributed by atoms with Crippen LogP contribution >= 0.6 is 0 Å². The van der Waals surface area contributed by atoms with Crippen molar-refractivity contribution in [2.75, 3.05) is 12.8 Å². The van der Waals surface area contributed by atoms with Crippen LogP contribution in [0.2, 0.25) is 0 Å². The van der Waals surface area contributed by atoms with E-state index in [0.717, 1.165) is 11.8 Å². The Hall–Kier alpha value is -1.75. The predicted octanol–water partition coefficient (Wildman–Crippen LogP) is 1.93. The number of hydrogen-bond donors (Lipinski definition) is 1. The van der Waals surface area contributed by atoms with Gasteiger partial charge in [-0.2, -0.15) is 0 Å². The van der Waals surface area contributed by atoms with Crippen molar-refractivity contribution in [1.29, 1.82) is 0 Å². The Kier molecular flexibility index (Phi) is 6.10. The van der Waals surface area contributed by atoms with Gasteiger partial charge in [-0.05, 0) is 62.7 Å². The smallest absolute Gasteiger partial charge is 0.224 e. The second-order valence-electron chi connectivity index (χ2n) is 7.15. The highest BCUT2D eigenvalue weighted by atomic mass is 32.2. The third-order valence-electron chi connectivity index (χ3n) is 4.28. The molecule has 7 nitrogen and oxygen atoms in total. The lowest BCUT2D eigenvalue weighted by Gasteiger charge is -2.25. The zero-order valence-electron chi connectivity index (χ0n) is 16.0. The van der Waals surface area contributed by atoms with E-state index in [1.54, 1.807) is 19.1 Å². The number of hydrogen-bond acceptors (Lipinski definition) is 6. The van der Waals surface area contributed by atoms with Gasteiger partial charge in [0, 0.05) is 12.8 Å². The van der Waals surface area contributed by atoms with Gasteiger partial charge < -0.3 is 0 Å². The van der Waals surface area contributed by atoms with Crippen LogP contribution in [0.3, 0.4) is 0 Å². The Balaban J connectivity index is 2.25. The maximum atomic E-state index is 12.9. The third-order valence-corrected chi connectivity index (χ3v) is 9.30. The molecule has 154 valence electrons. The van der Waals surface area contributed by atoms with E-state index < -0.39 is 34.4 Å². The number of nitrogens with one attached hydrogen (secondary N) is 1. The van der Waals surface area contributed by atoms with Crippen molar-refractivity contribution in [2.24, 2.45) is 0 Å². The van der Waals surface area contributed by atoms with Crippen LogP contribution in [-0.4, -0.2) is 42.8 Å². The van der Waals surface area contributed by atoms with Crippen LogP contribution in [0.5, 0.6) is 0 Å². The molecule has 0 atom stereocenters.